The van der Waals surface area contributed by atoms with Gasteiger partial charge in [0.15, 0.2) is 5.69 Å². The van der Waals surface area contributed by atoms with Crippen molar-refractivity contribution in [2.45, 2.75) is 0 Å². The van der Waals surface area contributed by atoms with Crippen molar-refractivity contribution in [3.05, 3.63) is 40.4 Å². The molecule has 0 spiro atoms. The van der Waals surface area contributed by atoms with Crippen molar-refractivity contribution in [2.24, 2.45) is 7.05 Å². The highest BCUT2D eigenvalue weighted by molar-refractivity contribution is 5.93. The molecule has 7 heteroatoms. The number of aryl methyl sites for hydroxylation is 1. The fourth-order valence-corrected chi connectivity index (χ4v) is 2.10. The highest BCUT2D eigenvalue weighted by Gasteiger charge is 2.15. The fraction of sp³-hybridized carbons (Fsp3) is 0.0833. The van der Waals surface area contributed by atoms with E-state index >= 15 is 0 Å². The van der Waals surface area contributed by atoms with Gasteiger partial charge in [-0.3, -0.25) is 4.68 Å². The van der Waals surface area contributed by atoms with Crippen LogP contribution in [-0.4, -0.2) is 30.8 Å². The molecule has 3 aromatic rings. The zero-order valence-electron chi connectivity index (χ0n) is 9.97. The Hall–Kier alpha value is -2.83. The van der Waals surface area contributed by atoms with E-state index in [0.29, 0.717) is 16.7 Å². The summed E-state index contributed by atoms with van der Waals surface area (Å²) in [6.45, 7) is 0. The Balaban J connectivity index is 2.29. The Labute approximate surface area is 106 Å². The molecule has 0 saturated heterocycles. The van der Waals surface area contributed by atoms with Crippen LogP contribution >= 0.6 is 0 Å². The molecule has 0 aliphatic rings. The van der Waals surface area contributed by atoms with Gasteiger partial charge >= 0.3 is 11.7 Å². The third kappa shape index (κ3) is 1.71. The van der Waals surface area contributed by atoms with Crippen LogP contribution in [0.4, 0.5) is 0 Å². The standard InChI is InChI=1S/C12H10N4O3/c1-16-9(5-8(15-16)11(17)18)6-3-2-4-7-10(6)14-12(19)13-7/h2-5H,1H3,(H,17,18)(H2,13,14,19). The van der Waals surface area contributed by atoms with Gasteiger partial charge < -0.3 is 15.1 Å². The second kappa shape index (κ2) is 3.84. The predicted molar refractivity (Wildman–Crippen MR) is 68.1 cm³/mol. The molecule has 0 bridgehead atoms. The van der Waals surface area contributed by atoms with E-state index in [1.165, 1.54) is 10.7 Å². The third-order valence-corrected chi connectivity index (χ3v) is 2.93. The lowest BCUT2D eigenvalue weighted by Gasteiger charge is -2.02. The first-order valence-corrected chi connectivity index (χ1v) is 5.55. The zero-order chi connectivity index (χ0) is 13.6. The minimum atomic E-state index is -1.09. The normalized spacial score (nSPS) is 11.0. The molecule has 0 amide bonds. The molecule has 0 radical (unpaired) electrons. The molecule has 0 saturated carbocycles. The number of hydrogen-bond donors (Lipinski definition) is 3. The van der Waals surface area contributed by atoms with Crippen molar-refractivity contribution in [3.8, 4) is 11.3 Å². The van der Waals surface area contributed by atoms with Gasteiger partial charge in [0.25, 0.3) is 0 Å². The Morgan fingerprint density at radius 1 is 1.37 bits per heavy atom. The van der Waals surface area contributed by atoms with E-state index in [4.69, 9.17) is 5.11 Å². The first kappa shape index (κ1) is 11.3. The minimum Gasteiger partial charge on any atom is -0.476 e. The Morgan fingerprint density at radius 3 is 2.84 bits per heavy atom. The molecule has 3 rings (SSSR count). The average molecular weight is 258 g/mol. The topological polar surface area (TPSA) is 104 Å². The van der Waals surface area contributed by atoms with E-state index in [9.17, 15) is 9.59 Å². The second-order valence-electron chi connectivity index (χ2n) is 4.15. The number of aromatic amines is 2. The SMILES string of the molecule is Cn1nc(C(=O)O)cc1-c1cccc2[nH]c(=O)[nH]c12. The van der Waals surface area contributed by atoms with Crippen LogP contribution in [0, 0.1) is 0 Å². The molecule has 1 aromatic carbocycles. The molecule has 2 heterocycles. The summed E-state index contributed by atoms with van der Waals surface area (Å²) in [6.07, 6.45) is 0. The van der Waals surface area contributed by atoms with Gasteiger partial charge in [0.1, 0.15) is 0 Å². The minimum absolute atomic E-state index is 0.0348. The number of aromatic carboxylic acids is 1. The Bertz CT molecular complexity index is 840. The van der Waals surface area contributed by atoms with Crippen LogP contribution in [-0.2, 0) is 7.05 Å². The average Bonchev–Trinajstić information content (AvgIpc) is 2.90. The number of imidazole rings is 1. The largest absolute Gasteiger partial charge is 0.476 e. The van der Waals surface area contributed by atoms with E-state index in [0.717, 1.165) is 5.56 Å². The summed E-state index contributed by atoms with van der Waals surface area (Å²) in [5.74, 6) is -1.09. The number of benzene rings is 1. The van der Waals surface area contributed by atoms with Gasteiger partial charge in [0, 0.05) is 12.6 Å². The molecular formula is C12H10N4O3. The van der Waals surface area contributed by atoms with Gasteiger partial charge in [0.2, 0.25) is 0 Å². The van der Waals surface area contributed by atoms with Gasteiger partial charge in [-0.15, -0.1) is 0 Å². The summed E-state index contributed by atoms with van der Waals surface area (Å²) in [7, 11) is 1.66. The number of para-hydroxylation sites is 1. The number of hydrogen-bond acceptors (Lipinski definition) is 3. The molecule has 0 unspecified atom stereocenters. The molecule has 2 aromatic heterocycles. The summed E-state index contributed by atoms with van der Waals surface area (Å²) in [4.78, 5) is 27.6. The summed E-state index contributed by atoms with van der Waals surface area (Å²) >= 11 is 0. The molecule has 0 aliphatic carbocycles. The van der Waals surface area contributed by atoms with Crippen molar-refractivity contribution in [1.82, 2.24) is 19.7 Å². The van der Waals surface area contributed by atoms with Crippen LogP contribution in [0.25, 0.3) is 22.3 Å². The number of nitrogens with one attached hydrogen (secondary N) is 2. The summed E-state index contributed by atoms with van der Waals surface area (Å²) in [5, 5.41) is 12.9. The number of nitrogens with zero attached hydrogens (tertiary/aromatic N) is 2. The van der Waals surface area contributed by atoms with Crippen LogP contribution < -0.4 is 5.69 Å². The van der Waals surface area contributed by atoms with Crippen LogP contribution in [0.2, 0.25) is 0 Å². The fourth-order valence-electron chi connectivity index (χ4n) is 2.10. The molecule has 19 heavy (non-hydrogen) atoms. The molecule has 0 aliphatic heterocycles. The highest BCUT2D eigenvalue weighted by Crippen LogP contribution is 2.25. The predicted octanol–water partition coefficient (Wildman–Crippen LogP) is 0.955. The van der Waals surface area contributed by atoms with Gasteiger partial charge in [-0.05, 0) is 12.1 Å². The number of aromatic nitrogens is 4. The first-order valence-electron chi connectivity index (χ1n) is 5.55. The number of carbonyl (C=O) groups is 1. The quantitative estimate of drug-likeness (QED) is 0.636. The maximum atomic E-state index is 11.3. The van der Waals surface area contributed by atoms with Crippen molar-refractivity contribution < 1.29 is 9.90 Å². The third-order valence-electron chi connectivity index (χ3n) is 2.93. The van der Waals surface area contributed by atoms with Crippen molar-refractivity contribution in [2.75, 3.05) is 0 Å². The lowest BCUT2D eigenvalue weighted by Crippen LogP contribution is -2.00. The number of rotatable bonds is 2. The van der Waals surface area contributed by atoms with E-state index in [2.05, 4.69) is 15.1 Å². The smallest absolute Gasteiger partial charge is 0.356 e. The van der Waals surface area contributed by atoms with E-state index in [1.54, 1.807) is 25.2 Å². The molecule has 0 fully saturated rings. The van der Waals surface area contributed by atoms with Crippen LogP contribution in [0.3, 0.4) is 0 Å². The lowest BCUT2D eigenvalue weighted by molar-refractivity contribution is 0.0689. The van der Waals surface area contributed by atoms with E-state index in [1.807, 2.05) is 0 Å². The van der Waals surface area contributed by atoms with Crippen LogP contribution in [0.1, 0.15) is 10.5 Å². The zero-order valence-corrected chi connectivity index (χ0v) is 9.97. The Morgan fingerprint density at radius 2 is 2.16 bits per heavy atom. The Kier molecular flexibility index (Phi) is 2.28. The number of fused-ring (bicyclic) bond motifs is 1. The summed E-state index contributed by atoms with van der Waals surface area (Å²) in [6, 6.07) is 6.83. The number of carboxylic acid groups (broad SMARTS) is 1. The summed E-state index contributed by atoms with van der Waals surface area (Å²) < 4.78 is 1.48. The molecule has 0 atom stereocenters. The monoisotopic (exact) mass is 258 g/mol. The maximum absolute atomic E-state index is 11.3. The molecule has 96 valence electrons. The van der Waals surface area contributed by atoms with Gasteiger partial charge in [-0.25, -0.2) is 9.59 Å². The van der Waals surface area contributed by atoms with Crippen LogP contribution in [0.5, 0.6) is 0 Å². The number of carboxylic acids is 1. The highest BCUT2D eigenvalue weighted by atomic mass is 16.4. The van der Waals surface area contributed by atoms with Gasteiger partial charge in [-0.1, -0.05) is 12.1 Å². The summed E-state index contributed by atoms with van der Waals surface area (Å²) in [5.41, 5.74) is 2.31. The lowest BCUT2D eigenvalue weighted by atomic mass is 10.1. The van der Waals surface area contributed by atoms with Gasteiger partial charge in [0.05, 0.1) is 16.7 Å². The second-order valence-corrected chi connectivity index (χ2v) is 4.15. The van der Waals surface area contributed by atoms with E-state index in [-0.39, 0.29) is 11.4 Å². The molecular weight excluding hydrogens is 248 g/mol. The van der Waals surface area contributed by atoms with Crippen molar-refractivity contribution in [1.29, 1.82) is 0 Å². The maximum Gasteiger partial charge on any atom is 0.356 e. The van der Waals surface area contributed by atoms with Crippen LogP contribution in [0.15, 0.2) is 29.1 Å². The number of H-pyrrole nitrogens is 2. The van der Waals surface area contributed by atoms with Crippen molar-refractivity contribution in [3.63, 3.8) is 0 Å². The first-order chi connectivity index (χ1) is 9.06. The van der Waals surface area contributed by atoms with Gasteiger partial charge in [-0.2, -0.15) is 5.10 Å². The molecule has 7 nitrogen and oxygen atoms in total. The van der Waals surface area contributed by atoms with Crippen molar-refractivity contribution >= 4 is 17.0 Å². The van der Waals surface area contributed by atoms with E-state index < -0.39 is 5.97 Å². The molecule has 3 N–H and O–H groups in total.